The van der Waals surface area contributed by atoms with Gasteiger partial charge in [0.25, 0.3) is 5.69 Å². The molecule has 2 rings (SSSR count). The van der Waals surface area contributed by atoms with Crippen molar-refractivity contribution >= 4 is 68.9 Å². The maximum Gasteiger partial charge on any atom is 0.410 e. The zero-order chi connectivity index (χ0) is 23.0. The third-order valence-corrected chi connectivity index (χ3v) is 7.28. The molecule has 0 saturated carbocycles. The summed E-state index contributed by atoms with van der Waals surface area (Å²) in [5, 5.41) is 13.2. The number of hydrogen-bond donors (Lipinski definition) is 1. The van der Waals surface area contributed by atoms with Gasteiger partial charge < -0.3 is 15.0 Å². The van der Waals surface area contributed by atoms with Gasteiger partial charge in [0.05, 0.1) is 14.7 Å². The number of ether oxygens (including phenoxy) is 1. The summed E-state index contributed by atoms with van der Waals surface area (Å²) in [6.07, 6.45) is 0.143. The summed E-state index contributed by atoms with van der Waals surface area (Å²) < 4.78 is 5.95. The molecule has 1 aliphatic rings. The highest BCUT2D eigenvalue weighted by Crippen LogP contribution is 2.31. The first-order valence-electron chi connectivity index (χ1n) is 9.50. The molecule has 2 amide bonds. The number of nitro benzene ring substituents is 1. The molecule has 1 unspecified atom stereocenters. The van der Waals surface area contributed by atoms with E-state index in [0.29, 0.717) is 28.8 Å². The molecule has 9 nitrogen and oxygen atoms in total. The number of thioether (sulfide) groups is 2. The Labute approximate surface area is 202 Å². The average Bonchev–Trinajstić information content (AvgIpc) is 3.12. The van der Waals surface area contributed by atoms with Crippen LogP contribution in [0.3, 0.4) is 0 Å². The van der Waals surface area contributed by atoms with Crippen molar-refractivity contribution in [3.05, 3.63) is 39.9 Å². The number of benzene rings is 1. The number of carbonyl (C=O) groups excluding carboxylic acids is 3. The largest absolute Gasteiger partial charge is 0.445 e. The summed E-state index contributed by atoms with van der Waals surface area (Å²) in [6.45, 7) is 3.70. The van der Waals surface area contributed by atoms with Gasteiger partial charge >= 0.3 is 6.09 Å². The van der Waals surface area contributed by atoms with Gasteiger partial charge in [-0.25, -0.2) is 4.79 Å². The molecule has 0 bridgehead atoms. The standard InChI is InChI=1S/C19H24IN3O6S2/c1-12(18(25)21-11-20)30-10-16-7-17(31-13(2)24)8-22(16)19(26)29-9-14-3-5-15(6-4-14)23(27)28/h3-6,12,16-17H,7-11H2,1-2H3,(H,21,25)/t12?,16-,17+/m0/s1. The molecule has 31 heavy (non-hydrogen) atoms. The molecule has 1 aliphatic heterocycles. The van der Waals surface area contributed by atoms with Crippen LogP contribution in [-0.2, 0) is 20.9 Å². The van der Waals surface area contributed by atoms with Crippen LogP contribution >= 0.6 is 46.1 Å². The van der Waals surface area contributed by atoms with Crippen LogP contribution in [0.15, 0.2) is 24.3 Å². The molecule has 1 aromatic carbocycles. The lowest BCUT2D eigenvalue weighted by atomic mass is 10.2. The lowest BCUT2D eigenvalue weighted by Gasteiger charge is -2.24. The van der Waals surface area contributed by atoms with E-state index in [0.717, 1.165) is 0 Å². The number of likely N-dealkylation sites (tertiary alicyclic amines) is 1. The van der Waals surface area contributed by atoms with Gasteiger partial charge in [0.2, 0.25) is 5.91 Å². The minimum atomic E-state index is -0.500. The first-order valence-corrected chi connectivity index (χ1v) is 13.0. The van der Waals surface area contributed by atoms with Crippen LogP contribution in [0.5, 0.6) is 0 Å². The molecular weight excluding hydrogens is 557 g/mol. The van der Waals surface area contributed by atoms with Crippen LogP contribution in [0.2, 0.25) is 0 Å². The fourth-order valence-electron chi connectivity index (χ4n) is 3.06. The van der Waals surface area contributed by atoms with Crippen molar-refractivity contribution in [1.82, 2.24) is 10.2 Å². The maximum atomic E-state index is 12.7. The zero-order valence-corrected chi connectivity index (χ0v) is 20.9. The number of rotatable bonds is 9. The minimum Gasteiger partial charge on any atom is -0.445 e. The number of carbonyl (C=O) groups is 3. The Bertz CT molecular complexity index is 810. The Balaban J connectivity index is 1.97. The Morgan fingerprint density at radius 1 is 1.35 bits per heavy atom. The van der Waals surface area contributed by atoms with Gasteiger partial charge in [-0.2, -0.15) is 0 Å². The molecule has 0 spiro atoms. The van der Waals surface area contributed by atoms with Gasteiger partial charge in [0.1, 0.15) is 6.61 Å². The van der Waals surface area contributed by atoms with E-state index in [9.17, 15) is 24.5 Å². The molecule has 1 saturated heterocycles. The van der Waals surface area contributed by atoms with E-state index in [4.69, 9.17) is 4.74 Å². The number of nitrogens with one attached hydrogen (secondary N) is 1. The SMILES string of the molecule is CC(=O)S[C@@H]1C[C@@H](CSC(C)C(=O)NCI)N(C(=O)OCc2ccc([N+](=O)[O-])cc2)C1. The monoisotopic (exact) mass is 581 g/mol. The van der Waals surface area contributed by atoms with E-state index in [1.54, 1.807) is 17.0 Å². The van der Waals surface area contributed by atoms with E-state index in [1.165, 1.54) is 42.6 Å². The highest BCUT2D eigenvalue weighted by Gasteiger charge is 2.37. The number of amides is 2. The van der Waals surface area contributed by atoms with Crippen molar-refractivity contribution in [3.8, 4) is 0 Å². The molecule has 1 N–H and O–H groups in total. The van der Waals surface area contributed by atoms with E-state index in [-0.39, 0.29) is 39.9 Å². The topological polar surface area (TPSA) is 119 Å². The van der Waals surface area contributed by atoms with Crippen molar-refractivity contribution in [2.45, 2.75) is 43.4 Å². The van der Waals surface area contributed by atoms with Crippen molar-refractivity contribution in [3.63, 3.8) is 0 Å². The van der Waals surface area contributed by atoms with Gasteiger partial charge in [-0.05, 0) is 31.0 Å². The van der Waals surface area contributed by atoms with Crippen LogP contribution in [0.4, 0.5) is 10.5 Å². The lowest BCUT2D eigenvalue weighted by Crippen LogP contribution is -2.38. The summed E-state index contributed by atoms with van der Waals surface area (Å²) in [4.78, 5) is 48.1. The molecule has 0 aromatic heterocycles. The normalized spacial score (nSPS) is 19.0. The number of halogens is 1. The van der Waals surface area contributed by atoms with E-state index in [2.05, 4.69) is 27.9 Å². The average molecular weight is 581 g/mol. The fraction of sp³-hybridized carbons (Fsp3) is 0.526. The molecule has 1 fully saturated rings. The van der Waals surface area contributed by atoms with Crippen LogP contribution in [0.1, 0.15) is 25.8 Å². The third-order valence-electron chi connectivity index (χ3n) is 4.60. The second-order valence-corrected chi connectivity index (χ2v) is 10.5. The second kappa shape index (κ2) is 12.5. The van der Waals surface area contributed by atoms with Crippen LogP contribution in [0, 0.1) is 10.1 Å². The Kier molecular flexibility index (Phi) is 10.4. The summed E-state index contributed by atoms with van der Waals surface area (Å²) in [5.74, 6) is 0.497. The Morgan fingerprint density at radius 3 is 2.61 bits per heavy atom. The third kappa shape index (κ3) is 8.15. The lowest BCUT2D eigenvalue weighted by molar-refractivity contribution is -0.384. The van der Waals surface area contributed by atoms with Crippen molar-refractivity contribution in [2.24, 2.45) is 0 Å². The Morgan fingerprint density at radius 2 is 2.03 bits per heavy atom. The number of nitro groups is 1. The van der Waals surface area contributed by atoms with Crippen LogP contribution in [0.25, 0.3) is 0 Å². The van der Waals surface area contributed by atoms with E-state index < -0.39 is 11.0 Å². The molecule has 1 heterocycles. The summed E-state index contributed by atoms with van der Waals surface area (Å²) in [7, 11) is 0. The number of nitrogens with zero attached hydrogens (tertiary/aromatic N) is 2. The summed E-state index contributed by atoms with van der Waals surface area (Å²) >= 11 is 4.74. The first kappa shape index (κ1) is 25.7. The fourth-order valence-corrected chi connectivity index (χ4v) is 5.52. The van der Waals surface area contributed by atoms with Gasteiger partial charge in [0.15, 0.2) is 5.12 Å². The number of hydrogen-bond acceptors (Lipinski definition) is 8. The van der Waals surface area contributed by atoms with Crippen molar-refractivity contribution < 1.29 is 24.0 Å². The molecular formula is C19H24IN3O6S2. The molecule has 12 heteroatoms. The molecule has 0 radical (unpaired) electrons. The van der Waals surface area contributed by atoms with Crippen LogP contribution < -0.4 is 5.32 Å². The zero-order valence-electron chi connectivity index (χ0n) is 17.1. The predicted octanol–water partition coefficient (Wildman–Crippen LogP) is 3.58. The maximum absolute atomic E-state index is 12.7. The van der Waals surface area contributed by atoms with Crippen molar-refractivity contribution in [1.29, 1.82) is 0 Å². The number of non-ortho nitro benzene ring substituents is 1. The molecule has 1 aromatic rings. The molecule has 170 valence electrons. The predicted molar refractivity (Wildman–Crippen MR) is 129 cm³/mol. The van der Waals surface area contributed by atoms with E-state index >= 15 is 0 Å². The summed E-state index contributed by atoms with van der Waals surface area (Å²) in [5.41, 5.74) is 0.611. The van der Waals surface area contributed by atoms with Gasteiger partial charge in [-0.1, -0.05) is 34.4 Å². The molecule has 0 aliphatic carbocycles. The van der Waals surface area contributed by atoms with E-state index in [1.807, 2.05) is 6.92 Å². The first-order chi connectivity index (χ1) is 14.7. The molecule has 3 atom stereocenters. The van der Waals surface area contributed by atoms with Crippen molar-refractivity contribution in [2.75, 3.05) is 16.8 Å². The number of alkyl halides is 1. The Hall–Kier alpha value is -1.54. The highest BCUT2D eigenvalue weighted by molar-refractivity contribution is 14.1. The smallest absolute Gasteiger partial charge is 0.410 e. The van der Waals surface area contributed by atoms with Gasteiger partial charge in [-0.3, -0.25) is 19.7 Å². The quantitative estimate of drug-likeness (QED) is 0.155. The minimum absolute atomic E-state index is 0.00714. The summed E-state index contributed by atoms with van der Waals surface area (Å²) in [6, 6.07) is 5.66. The van der Waals surface area contributed by atoms with Gasteiger partial charge in [0, 0.05) is 42.6 Å². The van der Waals surface area contributed by atoms with Crippen LogP contribution in [-0.4, -0.2) is 60.3 Å². The highest BCUT2D eigenvalue weighted by atomic mass is 127. The van der Waals surface area contributed by atoms with Gasteiger partial charge in [-0.15, -0.1) is 11.8 Å². The second-order valence-electron chi connectivity index (χ2n) is 6.90.